The summed E-state index contributed by atoms with van der Waals surface area (Å²) >= 11 is 0. The van der Waals surface area contributed by atoms with Crippen LogP contribution in [-0.4, -0.2) is 4.57 Å². The Bertz CT molecular complexity index is 2390. The third-order valence-corrected chi connectivity index (χ3v) is 9.80. The second-order valence-electron chi connectivity index (χ2n) is 12.6. The van der Waals surface area contributed by atoms with Gasteiger partial charge in [-0.1, -0.05) is 135 Å². The largest absolute Gasteiger partial charge is 0.309 e. The van der Waals surface area contributed by atoms with E-state index in [9.17, 15) is 0 Å². The van der Waals surface area contributed by atoms with Crippen molar-refractivity contribution >= 4 is 32.6 Å². The summed E-state index contributed by atoms with van der Waals surface area (Å²) in [5, 5.41) is 5.09. The first-order valence-electron chi connectivity index (χ1n) is 15.5. The van der Waals surface area contributed by atoms with E-state index < -0.39 is 0 Å². The number of hydrogen-bond donors (Lipinski definition) is 0. The quantitative estimate of drug-likeness (QED) is 0.202. The Labute approximate surface area is 257 Å². The van der Waals surface area contributed by atoms with Crippen molar-refractivity contribution in [3.8, 4) is 39.1 Å². The van der Waals surface area contributed by atoms with Crippen LogP contribution in [0.3, 0.4) is 0 Å². The van der Waals surface area contributed by atoms with Crippen LogP contribution in [0.25, 0.3) is 71.6 Å². The molecule has 208 valence electrons. The number of aromatic nitrogens is 1. The lowest BCUT2D eigenvalue weighted by atomic mass is 9.81. The maximum absolute atomic E-state index is 2.42. The maximum Gasteiger partial charge on any atom is 0.0619 e. The van der Waals surface area contributed by atoms with Gasteiger partial charge in [0.25, 0.3) is 0 Å². The van der Waals surface area contributed by atoms with Gasteiger partial charge in [-0.05, 0) is 80.2 Å². The molecule has 0 N–H and O–H groups in total. The summed E-state index contributed by atoms with van der Waals surface area (Å²) in [7, 11) is 0. The van der Waals surface area contributed by atoms with Crippen molar-refractivity contribution in [3.63, 3.8) is 0 Å². The predicted molar refractivity (Wildman–Crippen MR) is 187 cm³/mol. The molecule has 0 amide bonds. The van der Waals surface area contributed by atoms with Gasteiger partial charge < -0.3 is 4.57 Å². The van der Waals surface area contributed by atoms with Gasteiger partial charge in [0.1, 0.15) is 0 Å². The van der Waals surface area contributed by atoms with Gasteiger partial charge in [0.2, 0.25) is 0 Å². The second kappa shape index (κ2) is 9.30. The molecule has 1 aliphatic rings. The molecule has 44 heavy (non-hydrogen) atoms. The summed E-state index contributed by atoms with van der Waals surface area (Å²) in [5.41, 5.74) is 14.2. The monoisotopic (exact) mass is 561 g/mol. The van der Waals surface area contributed by atoms with E-state index in [1.807, 2.05) is 0 Å². The molecule has 0 spiro atoms. The van der Waals surface area contributed by atoms with Crippen LogP contribution in [0.5, 0.6) is 0 Å². The highest BCUT2D eigenvalue weighted by molar-refractivity contribution is 6.22. The highest BCUT2D eigenvalue weighted by atomic mass is 15.0. The van der Waals surface area contributed by atoms with Crippen LogP contribution in [0.4, 0.5) is 0 Å². The molecule has 1 heteroatoms. The predicted octanol–water partition coefficient (Wildman–Crippen LogP) is 11.6. The van der Waals surface area contributed by atoms with Crippen molar-refractivity contribution in [2.75, 3.05) is 0 Å². The minimum absolute atomic E-state index is 0.00483. The Morgan fingerprint density at radius 2 is 1.02 bits per heavy atom. The van der Waals surface area contributed by atoms with Crippen molar-refractivity contribution < 1.29 is 0 Å². The molecule has 0 saturated heterocycles. The zero-order chi connectivity index (χ0) is 29.4. The lowest BCUT2D eigenvalue weighted by Crippen LogP contribution is -2.14. The molecular weight excluding hydrogens is 530 g/mol. The van der Waals surface area contributed by atoms with Crippen LogP contribution in [-0.2, 0) is 5.41 Å². The zero-order valence-electron chi connectivity index (χ0n) is 24.9. The van der Waals surface area contributed by atoms with Gasteiger partial charge in [-0.2, -0.15) is 0 Å². The van der Waals surface area contributed by atoms with Gasteiger partial charge in [-0.15, -0.1) is 0 Å². The van der Waals surface area contributed by atoms with E-state index in [0.717, 1.165) is 0 Å². The highest BCUT2D eigenvalue weighted by Gasteiger charge is 2.35. The van der Waals surface area contributed by atoms with Gasteiger partial charge >= 0.3 is 0 Å². The van der Waals surface area contributed by atoms with Crippen molar-refractivity contribution in [2.24, 2.45) is 0 Å². The Balaban J connectivity index is 1.20. The average Bonchev–Trinajstić information content (AvgIpc) is 3.54. The summed E-state index contributed by atoms with van der Waals surface area (Å²) in [6.07, 6.45) is 0. The van der Waals surface area contributed by atoms with Crippen LogP contribution in [0.1, 0.15) is 25.0 Å². The van der Waals surface area contributed by atoms with Crippen molar-refractivity contribution in [1.29, 1.82) is 0 Å². The lowest BCUT2D eigenvalue weighted by Gasteiger charge is -2.22. The zero-order valence-corrected chi connectivity index (χ0v) is 24.9. The fraction of sp³-hybridized carbons (Fsp3) is 0.0698. The Morgan fingerprint density at radius 1 is 0.409 bits per heavy atom. The Hall–Kier alpha value is -5.40. The molecule has 9 rings (SSSR count). The molecule has 1 aromatic heterocycles. The highest BCUT2D eigenvalue weighted by Crippen LogP contribution is 2.49. The molecular formula is C43H31N. The van der Waals surface area contributed by atoms with Gasteiger partial charge in [-0.25, -0.2) is 0 Å². The molecule has 0 atom stereocenters. The van der Waals surface area contributed by atoms with Crippen LogP contribution < -0.4 is 0 Å². The number of benzene rings is 7. The number of rotatable bonds is 3. The molecule has 1 aliphatic carbocycles. The average molecular weight is 562 g/mol. The number of nitrogens with zero attached hydrogens (tertiary/aromatic N) is 1. The van der Waals surface area contributed by atoms with Crippen molar-refractivity contribution in [2.45, 2.75) is 19.3 Å². The van der Waals surface area contributed by atoms with Gasteiger partial charge in [0.15, 0.2) is 0 Å². The first kappa shape index (κ1) is 25.1. The molecule has 0 fully saturated rings. The van der Waals surface area contributed by atoms with Gasteiger partial charge in [0.05, 0.1) is 11.0 Å². The molecule has 8 aromatic rings. The van der Waals surface area contributed by atoms with Crippen LogP contribution >= 0.6 is 0 Å². The van der Waals surface area contributed by atoms with E-state index in [-0.39, 0.29) is 5.41 Å². The fourth-order valence-corrected chi connectivity index (χ4v) is 7.63. The van der Waals surface area contributed by atoms with E-state index in [4.69, 9.17) is 0 Å². The minimum Gasteiger partial charge on any atom is -0.309 e. The third-order valence-electron chi connectivity index (χ3n) is 9.80. The van der Waals surface area contributed by atoms with Crippen molar-refractivity contribution in [3.05, 3.63) is 163 Å². The van der Waals surface area contributed by atoms with E-state index in [1.54, 1.807) is 0 Å². The molecule has 1 heterocycles. The number of hydrogen-bond acceptors (Lipinski definition) is 0. The number of fused-ring (bicyclic) bond motifs is 8. The SMILES string of the molecule is CC1(C)c2ccccc2-c2ccc(-c3ccc(-c4cc5c6ccccc6n(-c6ccccc6)c5c5ccccc45)cc3)cc21. The first-order chi connectivity index (χ1) is 21.6. The molecule has 0 aliphatic heterocycles. The molecule has 0 unspecified atom stereocenters. The molecule has 1 nitrogen and oxygen atoms in total. The lowest BCUT2D eigenvalue weighted by molar-refractivity contribution is 0.660. The summed E-state index contributed by atoms with van der Waals surface area (Å²) in [5.74, 6) is 0. The van der Waals surface area contributed by atoms with Crippen LogP contribution in [0.15, 0.2) is 152 Å². The molecule has 0 saturated carbocycles. The Kier molecular flexibility index (Phi) is 5.31. The molecule has 0 bridgehead atoms. The standard InChI is InChI=1S/C43H31N/c1-43(2)39-18-10-8-15-33(39)34-25-24-30(26-40(34)43)28-20-22-29(23-21-28)37-27-38-35-16-9-11-19-41(35)44(31-12-4-3-5-13-31)42(38)36-17-7-6-14-32(36)37/h3-27H,1-2H3. The van der Waals surface area contributed by atoms with E-state index in [2.05, 4.69) is 170 Å². The fourth-order valence-electron chi connectivity index (χ4n) is 7.63. The minimum atomic E-state index is -0.00483. The van der Waals surface area contributed by atoms with E-state index in [1.165, 1.54) is 82.8 Å². The molecule has 0 radical (unpaired) electrons. The van der Waals surface area contributed by atoms with E-state index >= 15 is 0 Å². The Morgan fingerprint density at radius 3 is 1.84 bits per heavy atom. The van der Waals surface area contributed by atoms with Crippen LogP contribution in [0.2, 0.25) is 0 Å². The summed E-state index contributed by atoms with van der Waals surface area (Å²) in [4.78, 5) is 0. The maximum atomic E-state index is 2.42. The normalized spacial score (nSPS) is 13.4. The molecule has 7 aromatic carbocycles. The van der Waals surface area contributed by atoms with Gasteiger partial charge in [0, 0.05) is 27.3 Å². The first-order valence-corrected chi connectivity index (χ1v) is 15.5. The second-order valence-corrected chi connectivity index (χ2v) is 12.6. The number of para-hydroxylation sites is 2. The summed E-state index contributed by atoms with van der Waals surface area (Å²) in [6.45, 7) is 4.70. The van der Waals surface area contributed by atoms with E-state index in [0.29, 0.717) is 0 Å². The summed E-state index contributed by atoms with van der Waals surface area (Å²) < 4.78 is 2.42. The summed E-state index contributed by atoms with van der Waals surface area (Å²) in [6, 6.07) is 55.8. The topological polar surface area (TPSA) is 4.93 Å². The smallest absolute Gasteiger partial charge is 0.0619 e. The third kappa shape index (κ3) is 3.53. The van der Waals surface area contributed by atoms with Crippen molar-refractivity contribution in [1.82, 2.24) is 4.57 Å². The van der Waals surface area contributed by atoms with Crippen LogP contribution in [0, 0.1) is 0 Å². The van der Waals surface area contributed by atoms with Gasteiger partial charge in [-0.3, -0.25) is 0 Å².